The summed E-state index contributed by atoms with van der Waals surface area (Å²) in [6.45, 7) is 3.27. The maximum absolute atomic E-state index is 14.3. The average molecular weight is 497 g/mol. The first-order valence-electron chi connectivity index (χ1n) is 9.44. The molecule has 1 aromatic carbocycles. The van der Waals surface area contributed by atoms with Gasteiger partial charge in [0.1, 0.15) is 11.5 Å². The number of aromatic nitrogens is 2. The summed E-state index contributed by atoms with van der Waals surface area (Å²) < 4.78 is 27.3. The Labute approximate surface area is 186 Å². The van der Waals surface area contributed by atoms with Gasteiger partial charge < -0.3 is 18.8 Å². The first kappa shape index (κ1) is 21.1. The molecule has 6 nitrogen and oxygen atoms in total. The van der Waals surface area contributed by atoms with E-state index in [2.05, 4.69) is 15.9 Å². The lowest BCUT2D eigenvalue weighted by atomic mass is 10.0. The smallest absolute Gasteiger partial charge is 0.409 e. The number of amides is 1. The van der Waals surface area contributed by atoms with Crippen molar-refractivity contribution in [1.29, 1.82) is 0 Å². The molecule has 0 saturated carbocycles. The van der Waals surface area contributed by atoms with Gasteiger partial charge in [0, 0.05) is 24.7 Å². The van der Waals surface area contributed by atoms with Crippen LogP contribution in [0.4, 0.5) is 9.18 Å². The van der Waals surface area contributed by atoms with Gasteiger partial charge >= 0.3 is 6.09 Å². The van der Waals surface area contributed by atoms with E-state index in [1.807, 2.05) is 29.7 Å². The van der Waals surface area contributed by atoms with Crippen molar-refractivity contribution in [3.05, 3.63) is 57.0 Å². The Morgan fingerprint density at radius 1 is 1.43 bits per heavy atom. The van der Waals surface area contributed by atoms with Crippen molar-refractivity contribution in [2.24, 2.45) is 0 Å². The van der Waals surface area contributed by atoms with Crippen molar-refractivity contribution in [2.45, 2.75) is 19.4 Å². The number of ether oxygens (including phenoxy) is 2. The number of hydrogen-bond acceptors (Lipinski definition) is 4. The molecule has 1 amide bonds. The first-order chi connectivity index (χ1) is 14.4. The Morgan fingerprint density at radius 3 is 3.00 bits per heavy atom. The minimum absolute atomic E-state index is 0.253. The zero-order valence-electron chi connectivity index (χ0n) is 16.5. The number of imidazole rings is 1. The zero-order chi connectivity index (χ0) is 21.4. The fourth-order valence-corrected chi connectivity index (χ4v) is 4.39. The van der Waals surface area contributed by atoms with E-state index < -0.39 is 5.82 Å². The van der Waals surface area contributed by atoms with Crippen molar-refractivity contribution in [2.75, 3.05) is 26.8 Å². The Kier molecular flexibility index (Phi) is 5.99. The van der Waals surface area contributed by atoms with Crippen LogP contribution in [0.1, 0.15) is 11.3 Å². The van der Waals surface area contributed by atoms with Crippen LogP contribution in [0.25, 0.3) is 16.9 Å². The van der Waals surface area contributed by atoms with Crippen LogP contribution in [0, 0.1) is 12.7 Å². The predicted molar refractivity (Wildman–Crippen MR) is 115 cm³/mol. The number of pyridine rings is 1. The lowest BCUT2D eigenvalue weighted by Gasteiger charge is -2.32. The van der Waals surface area contributed by atoms with Crippen LogP contribution < -0.4 is 0 Å². The third-order valence-corrected chi connectivity index (χ3v) is 6.06. The second kappa shape index (κ2) is 8.53. The quantitative estimate of drug-likeness (QED) is 0.485. The lowest BCUT2D eigenvalue weighted by molar-refractivity contribution is -0.0241. The van der Waals surface area contributed by atoms with Gasteiger partial charge in [0.2, 0.25) is 0 Å². The van der Waals surface area contributed by atoms with E-state index in [1.54, 1.807) is 4.90 Å². The SMILES string of the molecule is COC(=O)N1CCO[C@@H](Cc2c(-c3cc(F)c(Br)cc3Cl)nc3cc(C)ccn23)C1. The monoisotopic (exact) mass is 495 g/mol. The van der Waals surface area contributed by atoms with Crippen LogP contribution in [-0.4, -0.2) is 53.3 Å². The third kappa shape index (κ3) is 4.04. The highest BCUT2D eigenvalue weighted by atomic mass is 79.9. The van der Waals surface area contributed by atoms with Gasteiger partial charge in [-0.2, -0.15) is 0 Å². The molecule has 30 heavy (non-hydrogen) atoms. The van der Waals surface area contributed by atoms with Gasteiger partial charge in [-0.15, -0.1) is 0 Å². The first-order valence-corrected chi connectivity index (χ1v) is 10.6. The Balaban J connectivity index is 1.78. The number of halogens is 3. The molecule has 0 radical (unpaired) electrons. The highest BCUT2D eigenvalue weighted by Gasteiger charge is 2.28. The molecule has 0 aliphatic carbocycles. The molecule has 1 fully saturated rings. The second-order valence-electron chi connectivity index (χ2n) is 7.20. The van der Waals surface area contributed by atoms with Crippen LogP contribution in [0.5, 0.6) is 0 Å². The van der Waals surface area contributed by atoms with E-state index in [-0.39, 0.29) is 12.2 Å². The van der Waals surface area contributed by atoms with Gasteiger partial charge in [0.05, 0.1) is 47.2 Å². The van der Waals surface area contributed by atoms with E-state index in [4.69, 9.17) is 26.1 Å². The molecule has 0 spiro atoms. The maximum atomic E-state index is 14.3. The standard InChI is InChI=1S/C21H20BrClFN3O3/c1-12-3-4-27-18(8-13-11-26(5-6-30-13)21(28)29-2)20(25-19(27)7-12)14-9-17(24)15(22)10-16(14)23/h3-4,7,9-10,13H,5-6,8,11H2,1-2H3/t13-/m0/s1. The van der Waals surface area contributed by atoms with E-state index in [1.165, 1.54) is 19.2 Å². The van der Waals surface area contributed by atoms with E-state index in [0.29, 0.717) is 46.9 Å². The Hall–Kier alpha value is -2.16. The summed E-state index contributed by atoms with van der Waals surface area (Å²) in [4.78, 5) is 18.3. The molecule has 0 N–H and O–H groups in total. The minimum Gasteiger partial charge on any atom is -0.453 e. The summed E-state index contributed by atoms with van der Waals surface area (Å²) in [5.41, 5.74) is 3.74. The van der Waals surface area contributed by atoms with Gasteiger partial charge in [-0.05, 0) is 52.7 Å². The molecular weight excluding hydrogens is 477 g/mol. The van der Waals surface area contributed by atoms with E-state index >= 15 is 0 Å². The summed E-state index contributed by atoms with van der Waals surface area (Å²) in [6.07, 6.45) is 1.77. The number of methoxy groups -OCH3 is 1. The van der Waals surface area contributed by atoms with Crippen molar-refractivity contribution >= 4 is 39.3 Å². The number of benzene rings is 1. The molecule has 158 valence electrons. The number of carbonyl (C=O) groups is 1. The molecule has 1 aliphatic rings. The average Bonchev–Trinajstić information content (AvgIpc) is 3.07. The minimum atomic E-state index is -0.417. The highest BCUT2D eigenvalue weighted by Crippen LogP contribution is 2.35. The molecule has 2 aromatic heterocycles. The zero-order valence-corrected chi connectivity index (χ0v) is 18.8. The molecule has 1 saturated heterocycles. The normalized spacial score (nSPS) is 16.8. The van der Waals surface area contributed by atoms with Crippen molar-refractivity contribution in [1.82, 2.24) is 14.3 Å². The molecule has 4 rings (SSSR count). The number of aryl methyl sites for hydroxylation is 1. The summed E-state index contributed by atoms with van der Waals surface area (Å²) in [5.74, 6) is -0.417. The molecule has 3 aromatic rings. The largest absolute Gasteiger partial charge is 0.453 e. The van der Waals surface area contributed by atoms with Crippen LogP contribution in [-0.2, 0) is 15.9 Å². The molecule has 0 bridgehead atoms. The van der Waals surface area contributed by atoms with Gasteiger partial charge in [-0.25, -0.2) is 14.2 Å². The highest BCUT2D eigenvalue weighted by molar-refractivity contribution is 9.10. The molecule has 9 heteroatoms. The Morgan fingerprint density at radius 2 is 2.23 bits per heavy atom. The molecule has 3 heterocycles. The molecule has 0 unspecified atom stereocenters. The van der Waals surface area contributed by atoms with Crippen molar-refractivity contribution in [3.8, 4) is 11.3 Å². The lowest BCUT2D eigenvalue weighted by Crippen LogP contribution is -2.46. The fraction of sp³-hybridized carbons (Fsp3) is 0.333. The summed E-state index contributed by atoms with van der Waals surface area (Å²) in [6, 6.07) is 6.85. The number of rotatable bonds is 3. The number of morpholine rings is 1. The van der Waals surface area contributed by atoms with Gasteiger partial charge in [0.25, 0.3) is 0 Å². The van der Waals surface area contributed by atoms with Crippen LogP contribution >= 0.6 is 27.5 Å². The van der Waals surface area contributed by atoms with Gasteiger partial charge in [-0.3, -0.25) is 0 Å². The molecular formula is C21H20BrClFN3O3. The van der Waals surface area contributed by atoms with Crippen molar-refractivity contribution in [3.63, 3.8) is 0 Å². The van der Waals surface area contributed by atoms with E-state index in [0.717, 1.165) is 16.9 Å². The third-order valence-electron chi connectivity index (χ3n) is 5.14. The van der Waals surface area contributed by atoms with Gasteiger partial charge in [-0.1, -0.05) is 11.6 Å². The van der Waals surface area contributed by atoms with Crippen molar-refractivity contribution < 1.29 is 18.7 Å². The van der Waals surface area contributed by atoms with Crippen LogP contribution in [0.2, 0.25) is 5.02 Å². The van der Waals surface area contributed by atoms with Crippen LogP contribution in [0.3, 0.4) is 0 Å². The second-order valence-corrected chi connectivity index (χ2v) is 8.46. The number of nitrogens with zero attached hydrogens (tertiary/aromatic N) is 3. The van der Waals surface area contributed by atoms with E-state index in [9.17, 15) is 9.18 Å². The number of fused-ring (bicyclic) bond motifs is 1. The summed E-state index contributed by atoms with van der Waals surface area (Å²) in [5, 5.41) is 0.394. The summed E-state index contributed by atoms with van der Waals surface area (Å²) >= 11 is 9.61. The van der Waals surface area contributed by atoms with Crippen LogP contribution in [0.15, 0.2) is 34.9 Å². The maximum Gasteiger partial charge on any atom is 0.409 e. The predicted octanol–water partition coefficient (Wildman–Crippen LogP) is 4.87. The molecule has 1 aliphatic heterocycles. The fourth-order valence-electron chi connectivity index (χ4n) is 3.67. The summed E-state index contributed by atoms with van der Waals surface area (Å²) in [7, 11) is 1.36. The number of hydrogen-bond donors (Lipinski definition) is 0. The number of carbonyl (C=O) groups excluding carboxylic acids is 1. The molecule has 1 atom stereocenters. The Bertz CT molecular complexity index is 1120. The van der Waals surface area contributed by atoms with Gasteiger partial charge in [0.15, 0.2) is 0 Å². The topological polar surface area (TPSA) is 56.1 Å².